The van der Waals surface area contributed by atoms with Gasteiger partial charge in [-0.15, -0.1) is 0 Å². The number of nitrogens with two attached hydrogens (primary N) is 1. The van der Waals surface area contributed by atoms with Crippen molar-refractivity contribution in [2.75, 3.05) is 13.7 Å². The van der Waals surface area contributed by atoms with E-state index in [1.807, 2.05) is 24.3 Å². The summed E-state index contributed by atoms with van der Waals surface area (Å²) in [4.78, 5) is 0. The molecule has 1 atom stereocenters. The van der Waals surface area contributed by atoms with E-state index in [2.05, 4.69) is 12.1 Å². The largest absolute Gasteiger partial charge is 0.497 e. The first-order chi connectivity index (χ1) is 8.83. The Morgan fingerprint density at radius 3 is 2.83 bits per heavy atom. The van der Waals surface area contributed by atoms with Gasteiger partial charge in [-0.25, -0.2) is 0 Å². The van der Waals surface area contributed by atoms with Gasteiger partial charge in [-0.05, 0) is 48.7 Å². The molecule has 3 nitrogen and oxygen atoms in total. The maximum absolute atomic E-state index is 5.86. The third-order valence-electron chi connectivity index (χ3n) is 3.17. The molecule has 0 fully saturated rings. The summed E-state index contributed by atoms with van der Waals surface area (Å²) >= 11 is 0. The maximum Gasteiger partial charge on any atom is 0.119 e. The van der Waals surface area contributed by atoms with Crippen LogP contribution in [0.2, 0.25) is 0 Å². The summed E-state index contributed by atoms with van der Waals surface area (Å²) in [5.41, 5.74) is 7.09. The fraction of sp³-hybridized carbons (Fsp3) is 0.333. The van der Waals surface area contributed by atoms with E-state index >= 15 is 0 Å². The van der Waals surface area contributed by atoms with E-state index in [1.165, 1.54) is 5.56 Å². The summed E-state index contributed by atoms with van der Waals surface area (Å²) < 4.78 is 10.6. The number of hydrogen-bond donors (Lipinski definition) is 1. The smallest absolute Gasteiger partial charge is 0.119 e. The standard InChI is InChI=1S/C15H19NO2/c1-17-15-5-2-4-12(10-15)13(11-16)7-8-14-6-3-9-18-14/h2-6,9-10,13H,7-8,11,16H2,1H3. The van der Waals surface area contributed by atoms with Crippen molar-refractivity contribution in [3.63, 3.8) is 0 Å². The van der Waals surface area contributed by atoms with Gasteiger partial charge in [0.2, 0.25) is 0 Å². The lowest BCUT2D eigenvalue weighted by molar-refractivity contribution is 0.413. The Bertz CT molecular complexity index is 465. The SMILES string of the molecule is COc1cccc(C(CN)CCc2ccco2)c1. The first-order valence-electron chi connectivity index (χ1n) is 6.20. The van der Waals surface area contributed by atoms with Gasteiger partial charge < -0.3 is 14.9 Å². The second-order valence-electron chi connectivity index (χ2n) is 4.33. The van der Waals surface area contributed by atoms with Crippen molar-refractivity contribution < 1.29 is 9.15 Å². The summed E-state index contributed by atoms with van der Waals surface area (Å²) in [7, 11) is 1.68. The zero-order valence-electron chi connectivity index (χ0n) is 10.6. The number of aryl methyl sites for hydroxylation is 1. The molecule has 1 unspecified atom stereocenters. The van der Waals surface area contributed by atoms with Crippen LogP contribution in [0.15, 0.2) is 47.1 Å². The van der Waals surface area contributed by atoms with Gasteiger partial charge in [-0.1, -0.05) is 12.1 Å². The highest BCUT2D eigenvalue weighted by molar-refractivity contribution is 5.31. The number of furan rings is 1. The Hall–Kier alpha value is -1.74. The number of methoxy groups -OCH3 is 1. The van der Waals surface area contributed by atoms with Crippen molar-refractivity contribution in [3.8, 4) is 5.75 Å². The lowest BCUT2D eigenvalue weighted by Gasteiger charge is -2.15. The van der Waals surface area contributed by atoms with Crippen LogP contribution >= 0.6 is 0 Å². The van der Waals surface area contributed by atoms with Gasteiger partial charge in [0.25, 0.3) is 0 Å². The Morgan fingerprint density at radius 2 is 2.17 bits per heavy atom. The molecule has 1 aromatic heterocycles. The lowest BCUT2D eigenvalue weighted by atomic mass is 9.93. The number of ether oxygens (including phenoxy) is 1. The summed E-state index contributed by atoms with van der Waals surface area (Å²) in [5.74, 6) is 2.23. The van der Waals surface area contributed by atoms with Gasteiger partial charge in [0.05, 0.1) is 13.4 Å². The third kappa shape index (κ3) is 3.14. The van der Waals surface area contributed by atoms with Crippen LogP contribution in [-0.4, -0.2) is 13.7 Å². The van der Waals surface area contributed by atoms with Crippen LogP contribution in [0.4, 0.5) is 0 Å². The van der Waals surface area contributed by atoms with E-state index in [0.717, 1.165) is 24.4 Å². The quantitative estimate of drug-likeness (QED) is 0.851. The van der Waals surface area contributed by atoms with Gasteiger partial charge in [0.1, 0.15) is 11.5 Å². The molecular formula is C15H19NO2. The molecule has 0 bridgehead atoms. The van der Waals surface area contributed by atoms with Crippen LogP contribution in [0, 0.1) is 0 Å². The molecule has 2 rings (SSSR count). The number of benzene rings is 1. The molecule has 0 aliphatic heterocycles. The molecule has 0 aliphatic carbocycles. The zero-order valence-corrected chi connectivity index (χ0v) is 10.6. The molecule has 2 aromatic rings. The molecule has 2 N–H and O–H groups in total. The predicted octanol–water partition coefficient (Wildman–Crippen LogP) is 2.96. The topological polar surface area (TPSA) is 48.4 Å². The Morgan fingerprint density at radius 1 is 1.28 bits per heavy atom. The molecule has 0 aliphatic rings. The molecule has 96 valence electrons. The summed E-state index contributed by atoms with van der Waals surface area (Å²) in [6.45, 7) is 0.633. The molecular weight excluding hydrogens is 226 g/mol. The van der Waals surface area contributed by atoms with Crippen molar-refractivity contribution in [3.05, 3.63) is 54.0 Å². The van der Waals surface area contributed by atoms with Gasteiger partial charge >= 0.3 is 0 Å². The van der Waals surface area contributed by atoms with Crippen LogP contribution < -0.4 is 10.5 Å². The Labute approximate surface area is 108 Å². The summed E-state index contributed by atoms with van der Waals surface area (Å²) in [6.07, 6.45) is 3.60. The second-order valence-corrected chi connectivity index (χ2v) is 4.33. The number of hydrogen-bond acceptors (Lipinski definition) is 3. The molecule has 18 heavy (non-hydrogen) atoms. The summed E-state index contributed by atoms with van der Waals surface area (Å²) in [6, 6.07) is 12.0. The van der Waals surface area contributed by atoms with Gasteiger partial charge in [-0.3, -0.25) is 0 Å². The maximum atomic E-state index is 5.86. The Balaban J connectivity index is 2.03. The Kier molecular flexibility index (Phi) is 4.42. The van der Waals surface area contributed by atoms with Crippen molar-refractivity contribution in [2.24, 2.45) is 5.73 Å². The van der Waals surface area contributed by atoms with E-state index in [0.29, 0.717) is 12.5 Å². The van der Waals surface area contributed by atoms with Crippen molar-refractivity contribution in [1.29, 1.82) is 0 Å². The fourth-order valence-electron chi connectivity index (χ4n) is 2.09. The minimum atomic E-state index is 0.338. The molecule has 0 saturated heterocycles. The first kappa shape index (κ1) is 12.7. The van der Waals surface area contributed by atoms with Gasteiger partial charge in [-0.2, -0.15) is 0 Å². The number of rotatable bonds is 6. The van der Waals surface area contributed by atoms with E-state index in [1.54, 1.807) is 13.4 Å². The predicted molar refractivity (Wildman–Crippen MR) is 71.8 cm³/mol. The molecule has 3 heteroatoms. The van der Waals surface area contributed by atoms with E-state index in [-0.39, 0.29) is 0 Å². The molecule has 0 spiro atoms. The lowest BCUT2D eigenvalue weighted by Crippen LogP contribution is -2.13. The average molecular weight is 245 g/mol. The second kappa shape index (κ2) is 6.26. The minimum Gasteiger partial charge on any atom is -0.497 e. The van der Waals surface area contributed by atoms with Crippen LogP contribution in [0.1, 0.15) is 23.7 Å². The fourth-order valence-corrected chi connectivity index (χ4v) is 2.09. The monoisotopic (exact) mass is 245 g/mol. The average Bonchev–Trinajstić information content (AvgIpc) is 2.93. The highest BCUT2D eigenvalue weighted by Crippen LogP contribution is 2.24. The third-order valence-corrected chi connectivity index (χ3v) is 3.17. The molecule has 0 amide bonds. The molecule has 1 heterocycles. The highest BCUT2D eigenvalue weighted by Gasteiger charge is 2.11. The van der Waals surface area contributed by atoms with Crippen molar-refractivity contribution in [1.82, 2.24) is 0 Å². The minimum absolute atomic E-state index is 0.338. The van der Waals surface area contributed by atoms with E-state index in [4.69, 9.17) is 14.9 Å². The van der Waals surface area contributed by atoms with Crippen LogP contribution in [-0.2, 0) is 6.42 Å². The first-order valence-corrected chi connectivity index (χ1v) is 6.20. The van der Waals surface area contributed by atoms with Crippen molar-refractivity contribution >= 4 is 0 Å². The molecule has 1 aromatic carbocycles. The van der Waals surface area contributed by atoms with E-state index < -0.39 is 0 Å². The van der Waals surface area contributed by atoms with Crippen molar-refractivity contribution in [2.45, 2.75) is 18.8 Å². The van der Waals surface area contributed by atoms with E-state index in [9.17, 15) is 0 Å². The highest BCUT2D eigenvalue weighted by atomic mass is 16.5. The molecule has 0 radical (unpaired) electrons. The van der Waals surface area contributed by atoms with Crippen LogP contribution in [0.3, 0.4) is 0 Å². The normalized spacial score (nSPS) is 12.3. The van der Waals surface area contributed by atoms with Gasteiger partial charge in [0, 0.05) is 6.42 Å². The van der Waals surface area contributed by atoms with Crippen LogP contribution in [0.5, 0.6) is 5.75 Å². The zero-order chi connectivity index (χ0) is 12.8. The van der Waals surface area contributed by atoms with Gasteiger partial charge in [0.15, 0.2) is 0 Å². The molecule has 0 saturated carbocycles. The summed E-state index contributed by atoms with van der Waals surface area (Å²) in [5, 5.41) is 0. The van der Waals surface area contributed by atoms with Crippen LogP contribution in [0.25, 0.3) is 0 Å².